The molecule has 2 N–H and O–H groups in total. The predicted molar refractivity (Wildman–Crippen MR) is 96.0 cm³/mol. The highest BCUT2D eigenvalue weighted by molar-refractivity contribution is 7.89. The zero-order chi connectivity index (χ0) is 17.7. The summed E-state index contributed by atoms with van der Waals surface area (Å²) < 4.78 is 26.3. The van der Waals surface area contributed by atoms with E-state index in [0.717, 1.165) is 5.56 Å². The first-order valence-corrected chi connectivity index (χ1v) is 8.98. The Morgan fingerprint density at radius 2 is 1.88 bits per heavy atom. The van der Waals surface area contributed by atoms with Crippen molar-refractivity contribution in [2.75, 3.05) is 11.9 Å². The minimum Gasteiger partial charge on any atom is -0.322 e. The summed E-state index contributed by atoms with van der Waals surface area (Å²) in [5.74, 6) is -0.344. The number of benzene rings is 2. The fourth-order valence-electron chi connectivity index (χ4n) is 1.96. The molecule has 0 saturated heterocycles. The van der Waals surface area contributed by atoms with E-state index < -0.39 is 10.0 Å². The maximum absolute atomic E-state index is 12.3. The molecule has 0 aliphatic rings. The van der Waals surface area contributed by atoms with Gasteiger partial charge in [-0.15, -0.1) is 6.58 Å². The zero-order valence-corrected chi connectivity index (χ0v) is 14.6. The molecule has 2 aromatic rings. The van der Waals surface area contributed by atoms with E-state index in [9.17, 15) is 13.2 Å². The highest BCUT2D eigenvalue weighted by Gasteiger charge is 2.14. The minimum absolute atomic E-state index is 0.0832. The van der Waals surface area contributed by atoms with Crippen LogP contribution in [-0.4, -0.2) is 20.9 Å². The molecule has 24 heavy (non-hydrogen) atoms. The molecule has 0 bridgehead atoms. The van der Waals surface area contributed by atoms with E-state index in [0.29, 0.717) is 16.3 Å². The Morgan fingerprint density at radius 3 is 2.50 bits per heavy atom. The number of hydrogen-bond acceptors (Lipinski definition) is 3. The van der Waals surface area contributed by atoms with Gasteiger partial charge < -0.3 is 5.32 Å². The van der Waals surface area contributed by atoms with Crippen LogP contribution in [0, 0.1) is 6.92 Å². The molecule has 0 unspecified atom stereocenters. The summed E-state index contributed by atoms with van der Waals surface area (Å²) in [4.78, 5) is 12.4. The van der Waals surface area contributed by atoms with Gasteiger partial charge in [0.05, 0.1) is 4.90 Å². The number of anilines is 1. The van der Waals surface area contributed by atoms with Gasteiger partial charge in [0.2, 0.25) is 10.0 Å². The Kier molecular flexibility index (Phi) is 5.77. The molecule has 1 amide bonds. The van der Waals surface area contributed by atoms with Crippen molar-refractivity contribution in [3.63, 3.8) is 0 Å². The van der Waals surface area contributed by atoms with E-state index in [1.165, 1.54) is 30.3 Å². The lowest BCUT2D eigenvalue weighted by molar-refractivity contribution is 0.102. The van der Waals surface area contributed by atoms with E-state index in [2.05, 4.69) is 16.6 Å². The van der Waals surface area contributed by atoms with Gasteiger partial charge in [0.25, 0.3) is 5.91 Å². The molecular formula is C17H17ClN2O3S. The van der Waals surface area contributed by atoms with Gasteiger partial charge in [-0.1, -0.05) is 23.7 Å². The Labute approximate surface area is 146 Å². The number of sulfonamides is 1. The summed E-state index contributed by atoms with van der Waals surface area (Å²) in [6.07, 6.45) is 1.45. The lowest BCUT2D eigenvalue weighted by Gasteiger charge is -2.10. The smallest absolute Gasteiger partial charge is 0.255 e. The first-order valence-electron chi connectivity index (χ1n) is 7.11. The maximum atomic E-state index is 12.3. The second kappa shape index (κ2) is 7.61. The third kappa shape index (κ3) is 4.44. The van der Waals surface area contributed by atoms with Crippen LogP contribution in [0.2, 0.25) is 5.02 Å². The SMILES string of the molecule is C=CCNS(=O)(=O)c1ccc(C(=O)Nc2cc(Cl)ccc2C)cc1. The average molecular weight is 365 g/mol. The zero-order valence-electron chi connectivity index (χ0n) is 13.0. The summed E-state index contributed by atoms with van der Waals surface area (Å²) in [6.45, 7) is 5.45. The largest absolute Gasteiger partial charge is 0.322 e. The molecule has 0 atom stereocenters. The van der Waals surface area contributed by atoms with Crippen LogP contribution in [0.3, 0.4) is 0 Å². The molecule has 0 radical (unpaired) electrons. The summed E-state index contributed by atoms with van der Waals surface area (Å²) in [6, 6.07) is 10.9. The van der Waals surface area contributed by atoms with Crippen molar-refractivity contribution in [3.8, 4) is 0 Å². The number of carbonyl (C=O) groups is 1. The first-order chi connectivity index (χ1) is 11.3. The van der Waals surface area contributed by atoms with Crippen molar-refractivity contribution < 1.29 is 13.2 Å². The Hall–Kier alpha value is -2.15. The summed E-state index contributed by atoms with van der Waals surface area (Å²) in [7, 11) is -3.61. The maximum Gasteiger partial charge on any atom is 0.255 e. The monoisotopic (exact) mass is 364 g/mol. The summed E-state index contributed by atoms with van der Waals surface area (Å²) in [5, 5.41) is 3.28. The normalized spacial score (nSPS) is 11.1. The summed E-state index contributed by atoms with van der Waals surface area (Å²) in [5.41, 5.74) is 1.83. The van der Waals surface area contributed by atoms with Crippen LogP contribution in [0.1, 0.15) is 15.9 Å². The van der Waals surface area contributed by atoms with Crippen LogP contribution in [0.25, 0.3) is 0 Å². The van der Waals surface area contributed by atoms with Crippen LogP contribution < -0.4 is 10.0 Å². The Bertz CT molecular complexity index is 862. The van der Waals surface area contributed by atoms with Crippen LogP contribution in [0.5, 0.6) is 0 Å². The molecule has 2 aromatic carbocycles. The number of halogens is 1. The fourth-order valence-corrected chi connectivity index (χ4v) is 3.13. The minimum atomic E-state index is -3.61. The molecular weight excluding hydrogens is 348 g/mol. The number of rotatable bonds is 6. The van der Waals surface area contributed by atoms with E-state index in [1.807, 2.05) is 6.92 Å². The van der Waals surface area contributed by atoms with Crippen LogP contribution in [0.4, 0.5) is 5.69 Å². The van der Waals surface area contributed by atoms with Crippen molar-refractivity contribution in [2.24, 2.45) is 0 Å². The van der Waals surface area contributed by atoms with Gasteiger partial charge in [-0.05, 0) is 48.9 Å². The number of aryl methyl sites for hydroxylation is 1. The number of hydrogen-bond donors (Lipinski definition) is 2. The van der Waals surface area contributed by atoms with Crippen molar-refractivity contribution in [2.45, 2.75) is 11.8 Å². The molecule has 0 aliphatic carbocycles. The Balaban J connectivity index is 2.17. The van der Waals surface area contributed by atoms with Gasteiger partial charge in [0.1, 0.15) is 0 Å². The summed E-state index contributed by atoms with van der Waals surface area (Å²) >= 11 is 5.93. The van der Waals surface area contributed by atoms with Gasteiger partial charge >= 0.3 is 0 Å². The van der Waals surface area contributed by atoms with Crippen LogP contribution >= 0.6 is 11.6 Å². The van der Waals surface area contributed by atoms with Gasteiger partial charge in [-0.3, -0.25) is 4.79 Å². The number of nitrogens with one attached hydrogen (secondary N) is 2. The number of amides is 1. The average Bonchev–Trinajstić information content (AvgIpc) is 2.56. The molecule has 126 valence electrons. The third-order valence-corrected chi connectivity index (χ3v) is 4.97. The van der Waals surface area contributed by atoms with Gasteiger partial charge in [0.15, 0.2) is 0 Å². The van der Waals surface area contributed by atoms with E-state index in [1.54, 1.807) is 18.2 Å². The molecule has 2 rings (SSSR count). The van der Waals surface area contributed by atoms with Crippen molar-refractivity contribution in [3.05, 3.63) is 71.3 Å². The lowest BCUT2D eigenvalue weighted by Crippen LogP contribution is -2.23. The fraction of sp³-hybridized carbons (Fsp3) is 0.118. The molecule has 5 nitrogen and oxygen atoms in total. The molecule has 0 saturated carbocycles. The van der Waals surface area contributed by atoms with Gasteiger partial charge in [-0.25, -0.2) is 13.1 Å². The van der Waals surface area contributed by atoms with Crippen molar-refractivity contribution in [1.82, 2.24) is 4.72 Å². The standard InChI is InChI=1S/C17H17ClN2O3S/c1-3-10-19-24(22,23)15-8-5-13(6-9-15)17(21)20-16-11-14(18)7-4-12(16)2/h3-9,11,19H,1,10H2,2H3,(H,20,21). The second-order valence-electron chi connectivity index (χ2n) is 5.08. The quantitative estimate of drug-likeness (QED) is 0.772. The van der Waals surface area contributed by atoms with Gasteiger partial charge in [-0.2, -0.15) is 0 Å². The molecule has 0 aliphatic heterocycles. The Morgan fingerprint density at radius 1 is 1.21 bits per heavy atom. The molecule has 0 heterocycles. The topological polar surface area (TPSA) is 75.3 Å². The molecule has 0 spiro atoms. The molecule has 7 heteroatoms. The second-order valence-corrected chi connectivity index (χ2v) is 7.28. The highest BCUT2D eigenvalue weighted by Crippen LogP contribution is 2.21. The van der Waals surface area contributed by atoms with E-state index in [4.69, 9.17) is 11.6 Å². The van der Waals surface area contributed by atoms with Crippen molar-refractivity contribution in [1.29, 1.82) is 0 Å². The van der Waals surface area contributed by atoms with Crippen LogP contribution in [0.15, 0.2) is 60.0 Å². The van der Waals surface area contributed by atoms with Crippen LogP contribution in [-0.2, 0) is 10.0 Å². The van der Waals surface area contributed by atoms with E-state index >= 15 is 0 Å². The van der Waals surface area contributed by atoms with Gasteiger partial charge in [0, 0.05) is 22.8 Å². The molecule has 0 aromatic heterocycles. The first kappa shape index (κ1) is 18.2. The highest BCUT2D eigenvalue weighted by atomic mass is 35.5. The predicted octanol–water partition coefficient (Wildman–Crippen LogP) is 3.37. The third-order valence-electron chi connectivity index (χ3n) is 3.29. The van der Waals surface area contributed by atoms with Crippen molar-refractivity contribution >= 4 is 33.2 Å². The number of carbonyl (C=O) groups excluding carboxylic acids is 1. The lowest BCUT2D eigenvalue weighted by atomic mass is 10.1. The molecule has 0 fully saturated rings. The van der Waals surface area contributed by atoms with E-state index in [-0.39, 0.29) is 17.3 Å².